The average Bonchev–Trinajstić information content (AvgIpc) is 3.27. The molecule has 3 aromatic rings. The standard InChI is InChI=1S/C23H21F6N5O2/c24-16-11-18(26)17(25)9-14(16)8-15(30-21(36)13-4-2-1-3-5-13)10-20(35)33-6-7-34-19(12-33)31-32-22(34)23(27,28)29/h1-5,9,11,15,21,30,36H,6-8,10,12H2/t15-,21-/m1/s1. The van der Waals surface area contributed by atoms with Gasteiger partial charge in [-0.25, -0.2) is 13.2 Å². The molecule has 0 saturated carbocycles. The molecule has 36 heavy (non-hydrogen) atoms. The van der Waals surface area contributed by atoms with Crippen molar-refractivity contribution in [2.45, 2.75) is 44.4 Å². The maximum absolute atomic E-state index is 14.3. The summed E-state index contributed by atoms with van der Waals surface area (Å²) in [4.78, 5) is 14.3. The number of alkyl halides is 3. The molecule has 2 aromatic carbocycles. The van der Waals surface area contributed by atoms with Crippen molar-refractivity contribution in [1.82, 2.24) is 25.0 Å². The summed E-state index contributed by atoms with van der Waals surface area (Å²) in [5, 5.41) is 20.1. The smallest absolute Gasteiger partial charge is 0.374 e. The van der Waals surface area contributed by atoms with Gasteiger partial charge in [0.25, 0.3) is 0 Å². The van der Waals surface area contributed by atoms with Crippen LogP contribution < -0.4 is 5.32 Å². The fraction of sp³-hybridized carbons (Fsp3) is 0.348. The minimum atomic E-state index is -4.69. The van der Waals surface area contributed by atoms with Gasteiger partial charge in [-0.1, -0.05) is 30.3 Å². The van der Waals surface area contributed by atoms with E-state index in [-0.39, 0.29) is 43.9 Å². The molecule has 0 unspecified atom stereocenters. The summed E-state index contributed by atoms with van der Waals surface area (Å²) >= 11 is 0. The van der Waals surface area contributed by atoms with Crippen molar-refractivity contribution in [3.63, 3.8) is 0 Å². The molecule has 0 spiro atoms. The molecule has 1 aliphatic rings. The maximum atomic E-state index is 14.3. The molecule has 0 bridgehead atoms. The number of nitrogens with zero attached hydrogens (tertiary/aromatic N) is 4. The van der Waals surface area contributed by atoms with Gasteiger partial charge in [0.1, 0.15) is 12.0 Å². The van der Waals surface area contributed by atoms with E-state index >= 15 is 0 Å². The molecule has 0 fully saturated rings. The third-order valence-electron chi connectivity index (χ3n) is 5.84. The highest BCUT2D eigenvalue weighted by Crippen LogP contribution is 2.29. The van der Waals surface area contributed by atoms with Crippen LogP contribution in [0.4, 0.5) is 26.3 Å². The Labute approximate surface area is 201 Å². The normalized spacial score (nSPS) is 15.5. The Balaban J connectivity index is 1.52. The van der Waals surface area contributed by atoms with Crippen LogP contribution in [0.3, 0.4) is 0 Å². The van der Waals surface area contributed by atoms with E-state index in [1.165, 1.54) is 4.90 Å². The lowest BCUT2D eigenvalue weighted by molar-refractivity contribution is -0.148. The number of carbonyl (C=O) groups is 1. The van der Waals surface area contributed by atoms with E-state index in [4.69, 9.17) is 0 Å². The van der Waals surface area contributed by atoms with Crippen LogP contribution >= 0.6 is 0 Å². The van der Waals surface area contributed by atoms with Gasteiger partial charge < -0.3 is 14.6 Å². The molecule has 2 atom stereocenters. The van der Waals surface area contributed by atoms with E-state index in [0.717, 1.165) is 4.57 Å². The van der Waals surface area contributed by atoms with Crippen molar-refractivity contribution < 1.29 is 36.2 Å². The number of aliphatic hydroxyl groups excluding tert-OH is 1. The largest absolute Gasteiger partial charge is 0.451 e. The molecule has 1 amide bonds. The van der Waals surface area contributed by atoms with Crippen LogP contribution in [0.15, 0.2) is 42.5 Å². The third-order valence-corrected chi connectivity index (χ3v) is 5.84. The van der Waals surface area contributed by atoms with Crippen molar-refractivity contribution in [3.8, 4) is 0 Å². The molecule has 1 aromatic heterocycles. The Bertz CT molecular complexity index is 1230. The Morgan fingerprint density at radius 3 is 2.42 bits per heavy atom. The minimum Gasteiger partial charge on any atom is -0.374 e. The third kappa shape index (κ3) is 5.68. The van der Waals surface area contributed by atoms with E-state index < -0.39 is 47.6 Å². The van der Waals surface area contributed by atoms with Gasteiger partial charge in [-0.2, -0.15) is 13.2 Å². The highest BCUT2D eigenvalue weighted by atomic mass is 19.4. The summed E-state index contributed by atoms with van der Waals surface area (Å²) in [7, 11) is 0. The summed E-state index contributed by atoms with van der Waals surface area (Å²) in [6, 6.07) is 8.45. The molecule has 1 aliphatic heterocycles. The molecule has 2 N–H and O–H groups in total. The van der Waals surface area contributed by atoms with Crippen molar-refractivity contribution in [1.29, 1.82) is 0 Å². The summed E-state index contributed by atoms with van der Waals surface area (Å²) in [6.07, 6.45) is -6.55. The molecule has 2 heterocycles. The zero-order valence-corrected chi connectivity index (χ0v) is 18.6. The van der Waals surface area contributed by atoms with Gasteiger partial charge in [-0.15, -0.1) is 10.2 Å². The van der Waals surface area contributed by atoms with Gasteiger partial charge in [0, 0.05) is 31.6 Å². The fourth-order valence-electron chi connectivity index (χ4n) is 4.05. The van der Waals surface area contributed by atoms with Gasteiger partial charge in [0.15, 0.2) is 17.5 Å². The number of aliphatic hydroxyl groups is 1. The van der Waals surface area contributed by atoms with Crippen molar-refractivity contribution in [3.05, 3.63) is 82.7 Å². The minimum absolute atomic E-state index is 0.0394. The monoisotopic (exact) mass is 513 g/mol. The SMILES string of the molecule is O=C(C[C@@H](Cc1cc(F)c(F)cc1F)N[C@H](O)c1ccccc1)N1CCn2c(nnc2C(F)(F)F)C1. The lowest BCUT2D eigenvalue weighted by Gasteiger charge is -2.30. The summed E-state index contributed by atoms with van der Waals surface area (Å²) < 4.78 is 81.5. The highest BCUT2D eigenvalue weighted by molar-refractivity contribution is 5.77. The number of aromatic nitrogens is 3. The number of halogens is 6. The second-order valence-corrected chi connectivity index (χ2v) is 8.35. The van der Waals surface area contributed by atoms with Crippen LogP contribution in [0.2, 0.25) is 0 Å². The quantitative estimate of drug-likeness (QED) is 0.288. The number of rotatable bonds is 7. The molecule has 0 radical (unpaired) electrons. The molecular weight excluding hydrogens is 492 g/mol. The van der Waals surface area contributed by atoms with Gasteiger partial charge in [-0.05, 0) is 23.6 Å². The van der Waals surface area contributed by atoms with Crippen molar-refractivity contribution >= 4 is 5.91 Å². The molecular formula is C23H21F6N5O2. The topological polar surface area (TPSA) is 83.3 Å². The maximum Gasteiger partial charge on any atom is 0.451 e. The fourth-order valence-corrected chi connectivity index (χ4v) is 4.05. The Morgan fingerprint density at radius 1 is 1.03 bits per heavy atom. The van der Waals surface area contributed by atoms with Crippen LogP contribution in [0, 0.1) is 17.5 Å². The zero-order valence-electron chi connectivity index (χ0n) is 18.6. The average molecular weight is 513 g/mol. The highest BCUT2D eigenvalue weighted by Gasteiger charge is 2.40. The first kappa shape index (κ1) is 25.6. The Kier molecular flexibility index (Phi) is 7.31. The molecule has 13 heteroatoms. The van der Waals surface area contributed by atoms with E-state index in [9.17, 15) is 36.2 Å². The van der Waals surface area contributed by atoms with E-state index in [1.807, 2.05) is 0 Å². The lowest BCUT2D eigenvalue weighted by Crippen LogP contribution is -2.44. The number of amides is 1. The summed E-state index contributed by atoms with van der Waals surface area (Å²) in [5.41, 5.74) is 0.235. The molecule has 4 rings (SSSR count). The van der Waals surface area contributed by atoms with Gasteiger partial charge >= 0.3 is 6.18 Å². The molecule has 0 saturated heterocycles. The van der Waals surface area contributed by atoms with E-state index in [2.05, 4.69) is 15.5 Å². The molecule has 192 valence electrons. The molecule has 7 nitrogen and oxygen atoms in total. The first-order valence-electron chi connectivity index (χ1n) is 10.9. The Morgan fingerprint density at radius 2 is 1.72 bits per heavy atom. The van der Waals surface area contributed by atoms with Gasteiger partial charge in [-0.3, -0.25) is 10.1 Å². The molecule has 0 aliphatic carbocycles. The summed E-state index contributed by atoms with van der Waals surface area (Å²) in [6.45, 7) is -0.457. The first-order valence-corrected chi connectivity index (χ1v) is 10.9. The zero-order chi connectivity index (χ0) is 26.0. The second-order valence-electron chi connectivity index (χ2n) is 8.35. The van der Waals surface area contributed by atoms with Crippen LogP contribution in [-0.2, 0) is 30.5 Å². The van der Waals surface area contributed by atoms with Gasteiger partial charge in [0.05, 0.1) is 6.54 Å². The summed E-state index contributed by atoms with van der Waals surface area (Å²) in [5.74, 6) is -5.36. The van der Waals surface area contributed by atoms with Gasteiger partial charge in [0.2, 0.25) is 11.7 Å². The number of benzene rings is 2. The van der Waals surface area contributed by atoms with Crippen LogP contribution in [0.1, 0.15) is 35.4 Å². The predicted octanol–water partition coefficient (Wildman–Crippen LogP) is 3.34. The second kappa shape index (κ2) is 10.3. The van der Waals surface area contributed by atoms with Crippen molar-refractivity contribution in [2.75, 3.05) is 6.54 Å². The van der Waals surface area contributed by atoms with Crippen LogP contribution in [0.5, 0.6) is 0 Å². The van der Waals surface area contributed by atoms with Crippen LogP contribution in [0.25, 0.3) is 0 Å². The predicted molar refractivity (Wildman–Crippen MR) is 113 cm³/mol. The number of hydrogen-bond donors (Lipinski definition) is 2. The number of nitrogens with one attached hydrogen (secondary N) is 1. The number of fused-ring (bicyclic) bond motifs is 1. The van der Waals surface area contributed by atoms with E-state index in [1.54, 1.807) is 30.3 Å². The number of carbonyl (C=O) groups excluding carboxylic acids is 1. The Hall–Kier alpha value is -3.45. The lowest BCUT2D eigenvalue weighted by atomic mass is 10.0. The van der Waals surface area contributed by atoms with Crippen LogP contribution in [-0.4, -0.2) is 43.3 Å². The number of hydrogen-bond acceptors (Lipinski definition) is 5. The van der Waals surface area contributed by atoms with E-state index in [0.29, 0.717) is 17.7 Å². The van der Waals surface area contributed by atoms with Crippen molar-refractivity contribution in [2.24, 2.45) is 0 Å². The first-order chi connectivity index (χ1) is 17.0.